The van der Waals surface area contributed by atoms with E-state index in [-0.39, 0.29) is 23.8 Å². The summed E-state index contributed by atoms with van der Waals surface area (Å²) in [5.74, 6) is 2.12. The Hall–Kier alpha value is -2.56. The first kappa shape index (κ1) is 17.5. The molecule has 3 aliphatic rings. The minimum Gasteiger partial charge on any atom is -0.467 e. The van der Waals surface area contributed by atoms with Crippen molar-refractivity contribution in [2.75, 3.05) is 0 Å². The van der Waals surface area contributed by atoms with Crippen LogP contribution in [0.25, 0.3) is 6.08 Å². The van der Waals surface area contributed by atoms with Crippen LogP contribution in [0.5, 0.6) is 0 Å². The molecule has 0 N–H and O–H groups in total. The second-order valence-corrected chi connectivity index (χ2v) is 8.15. The second kappa shape index (κ2) is 7.46. The van der Waals surface area contributed by atoms with Crippen molar-refractivity contribution >= 4 is 17.7 Å². The number of nitrogens with zero attached hydrogens (tertiary/aromatic N) is 2. The first-order valence-electron chi connectivity index (χ1n) is 10.5. The Labute approximate surface area is 165 Å². The molecular weight excluding hydrogens is 352 g/mol. The molecule has 5 rings (SSSR count). The van der Waals surface area contributed by atoms with Gasteiger partial charge in [0.15, 0.2) is 0 Å². The van der Waals surface area contributed by atoms with Gasteiger partial charge >= 0.3 is 0 Å². The largest absolute Gasteiger partial charge is 0.467 e. The zero-order chi connectivity index (χ0) is 18.9. The zero-order valence-electron chi connectivity index (χ0n) is 16.0. The Morgan fingerprint density at radius 2 is 1.86 bits per heavy atom. The SMILES string of the molecule is O=C(C1CCCCC1)N1N=C2/C(=C/c3ccco3)CCCC2C1c1ccco1. The molecule has 2 atom stereocenters. The van der Waals surface area contributed by atoms with Crippen molar-refractivity contribution in [1.29, 1.82) is 0 Å². The third kappa shape index (κ3) is 3.13. The molecule has 1 aliphatic heterocycles. The Morgan fingerprint density at radius 3 is 2.61 bits per heavy atom. The van der Waals surface area contributed by atoms with E-state index in [1.165, 1.54) is 12.0 Å². The molecule has 3 heterocycles. The molecule has 2 aliphatic carbocycles. The minimum absolute atomic E-state index is 0.0909. The van der Waals surface area contributed by atoms with Crippen LogP contribution >= 0.6 is 0 Å². The second-order valence-electron chi connectivity index (χ2n) is 8.15. The number of carbonyl (C=O) groups excluding carboxylic acids is 1. The standard InChI is InChI=1S/C23H26N2O3/c26-23(16-7-2-1-3-8-16)25-22(20-12-6-14-28-20)19-11-4-9-17(21(19)24-25)15-18-10-5-13-27-18/h5-6,10,12-16,19,22H,1-4,7-9,11H2/b17-15+. The van der Waals surface area contributed by atoms with Gasteiger partial charge in [0.1, 0.15) is 17.6 Å². The molecule has 0 aromatic carbocycles. The molecule has 5 nitrogen and oxygen atoms in total. The van der Waals surface area contributed by atoms with Gasteiger partial charge in [0, 0.05) is 11.8 Å². The lowest BCUT2D eigenvalue weighted by Crippen LogP contribution is -2.36. The van der Waals surface area contributed by atoms with Crippen molar-refractivity contribution in [3.8, 4) is 0 Å². The van der Waals surface area contributed by atoms with Gasteiger partial charge in [-0.05, 0) is 68.0 Å². The number of amides is 1. The van der Waals surface area contributed by atoms with Crippen molar-refractivity contribution in [3.05, 3.63) is 53.9 Å². The number of fused-ring (bicyclic) bond motifs is 1. The summed E-state index contributed by atoms with van der Waals surface area (Å²) in [7, 11) is 0. The summed E-state index contributed by atoms with van der Waals surface area (Å²) in [6.45, 7) is 0. The number of hydrogen-bond donors (Lipinski definition) is 0. The smallest absolute Gasteiger partial charge is 0.246 e. The number of furan rings is 2. The van der Waals surface area contributed by atoms with Crippen LogP contribution in [0.3, 0.4) is 0 Å². The molecular formula is C23H26N2O3. The van der Waals surface area contributed by atoms with Crippen LogP contribution < -0.4 is 0 Å². The monoisotopic (exact) mass is 378 g/mol. The van der Waals surface area contributed by atoms with Gasteiger partial charge in [0.25, 0.3) is 0 Å². The summed E-state index contributed by atoms with van der Waals surface area (Å²) in [6, 6.07) is 7.61. The first-order valence-corrected chi connectivity index (χ1v) is 10.5. The number of rotatable bonds is 3. The maximum Gasteiger partial charge on any atom is 0.246 e. The van der Waals surface area contributed by atoms with E-state index in [2.05, 4.69) is 6.08 Å². The van der Waals surface area contributed by atoms with Gasteiger partial charge in [0.05, 0.1) is 18.2 Å². The van der Waals surface area contributed by atoms with Crippen LogP contribution in [0.15, 0.2) is 56.3 Å². The molecule has 5 heteroatoms. The molecule has 2 fully saturated rings. The third-order valence-corrected chi connectivity index (χ3v) is 6.38. The lowest BCUT2D eigenvalue weighted by molar-refractivity contribution is -0.139. The molecule has 0 radical (unpaired) electrons. The fourth-order valence-electron chi connectivity index (χ4n) is 5.00. The Morgan fingerprint density at radius 1 is 1.04 bits per heavy atom. The molecule has 2 aromatic rings. The third-order valence-electron chi connectivity index (χ3n) is 6.38. The van der Waals surface area contributed by atoms with Crippen LogP contribution in [0.1, 0.15) is 68.9 Å². The molecule has 28 heavy (non-hydrogen) atoms. The molecule has 2 saturated carbocycles. The highest BCUT2D eigenvalue weighted by molar-refractivity contribution is 6.08. The zero-order valence-corrected chi connectivity index (χ0v) is 16.0. The molecule has 2 unspecified atom stereocenters. The predicted octanol–water partition coefficient (Wildman–Crippen LogP) is 5.58. The van der Waals surface area contributed by atoms with E-state index in [4.69, 9.17) is 13.9 Å². The van der Waals surface area contributed by atoms with Crippen LogP contribution in [0, 0.1) is 11.8 Å². The van der Waals surface area contributed by atoms with Crippen LogP contribution in [-0.4, -0.2) is 16.6 Å². The molecule has 2 aromatic heterocycles. The highest BCUT2D eigenvalue weighted by Gasteiger charge is 2.46. The van der Waals surface area contributed by atoms with Crippen molar-refractivity contribution < 1.29 is 13.6 Å². The molecule has 0 saturated heterocycles. The summed E-state index contributed by atoms with van der Waals surface area (Å²) in [4.78, 5) is 13.4. The fraction of sp³-hybridized carbons (Fsp3) is 0.478. The van der Waals surface area contributed by atoms with Crippen molar-refractivity contribution in [1.82, 2.24) is 5.01 Å². The maximum absolute atomic E-state index is 13.4. The number of carbonyl (C=O) groups is 1. The fourth-order valence-corrected chi connectivity index (χ4v) is 5.00. The summed E-state index contributed by atoms with van der Waals surface area (Å²) >= 11 is 0. The molecule has 1 amide bonds. The van der Waals surface area contributed by atoms with Crippen molar-refractivity contribution in [3.63, 3.8) is 0 Å². The summed E-state index contributed by atoms with van der Waals surface area (Å²) in [6.07, 6.45) is 14.0. The van der Waals surface area contributed by atoms with E-state index in [0.29, 0.717) is 0 Å². The van der Waals surface area contributed by atoms with Crippen LogP contribution in [0.2, 0.25) is 0 Å². The Bertz CT molecular complexity index is 873. The highest BCUT2D eigenvalue weighted by atomic mass is 16.3. The molecule has 146 valence electrons. The van der Waals surface area contributed by atoms with Gasteiger partial charge in [-0.15, -0.1) is 0 Å². The van der Waals surface area contributed by atoms with E-state index in [1.54, 1.807) is 17.5 Å². The van der Waals surface area contributed by atoms with Crippen molar-refractivity contribution in [2.24, 2.45) is 16.9 Å². The minimum atomic E-state index is -0.125. The van der Waals surface area contributed by atoms with Gasteiger partial charge in [-0.25, -0.2) is 5.01 Å². The average molecular weight is 378 g/mol. The number of hydrogen-bond acceptors (Lipinski definition) is 4. The van der Waals surface area contributed by atoms with E-state index in [1.807, 2.05) is 24.3 Å². The normalized spacial score (nSPS) is 27.1. The number of allylic oxidation sites excluding steroid dienone is 1. The maximum atomic E-state index is 13.4. The topological polar surface area (TPSA) is 59.0 Å². The van der Waals surface area contributed by atoms with Crippen LogP contribution in [0.4, 0.5) is 0 Å². The van der Waals surface area contributed by atoms with Gasteiger partial charge in [-0.1, -0.05) is 19.3 Å². The van der Waals surface area contributed by atoms with Gasteiger partial charge < -0.3 is 8.83 Å². The summed E-state index contributed by atoms with van der Waals surface area (Å²) in [5.41, 5.74) is 2.22. The van der Waals surface area contributed by atoms with Crippen LogP contribution in [-0.2, 0) is 4.79 Å². The van der Waals surface area contributed by atoms with E-state index in [9.17, 15) is 4.79 Å². The van der Waals surface area contributed by atoms with Crippen molar-refractivity contribution in [2.45, 2.75) is 57.4 Å². The quantitative estimate of drug-likeness (QED) is 0.701. The molecule has 0 bridgehead atoms. The van der Waals surface area contributed by atoms with E-state index in [0.717, 1.165) is 62.2 Å². The van der Waals surface area contributed by atoms with Gasteiger partial charge in [-0.2, -0.15) is 5.10 Å². The predicted molar refractivity (Wildman–Crippen MR) is 106 cm³/mol. The lowest BCUT2D eigenvalue weighted by atomic mass is 9.79. The highest BCUT2D eigenvalue weighted by Crippen LogP contribution is 2.45. The Kier molecular flexibility index (Phi) is 4.67. The van der Waals surface area contributed by atoms with Gasteiger partial charge in [-0.3, -0.25) is 4.79 Å². The van der Waals surface area contributed by atoms with E-state index >= 15 is 0 Å². The summed E-state index contributed by atoms with van der Waals surface area (Å²) in [5, 5.41) is 6.68. The lowest BCUT2D eigenvalue weighted by Gasteiger charge is -2.30. The Balaban J connectivity index is 1.51. The first-order chi connectivity index (χ1) is 13.8. The molecule has 0 spiro atoms. The summed E-state index contributed by atoms with van der Waals surface area (Å²) < 4.78 is 11.3. The van der Waals surface area contributed by atoms with E-state index < -0.39 is 0 Å². The number of hydrazone groups is 1. The average Bonchev–Trinajstić information content (AvgIpc) is 3.48. The van der Waals surface area contributed by atoms with Gasteiger partial charge in [0.2, 0.25) is 5.91 Å².